The number of benzene rings is 3. The van der Waals surface area contributed by atoms with Gasteiger partial charge in [-0.1, -0.05) is 60.7 Å². The molecule has 2 heterocycles. The zero-order chi connectivity index (χ0) is 23.5. The highest BCUT2D eigenvalue weighted by Crippen LogP contribution is 2.15. The number of nitrogens with zero attached hydrogens (tertiary/aromatic N) is 5. The minimum atomic E-state index is -0.420. The maximum absolute atomic E-state index is 13.6. The first kappa shape index (κ1) is 21.2. The van der Waals surface area contributed by atoms with Gasteiger partial charge < -0.3 is 4.57 Å². The Labute approximate surface area is 195 Å². The van der Waals surface area contributed by atoms with Gasteiger partial charge in [0.2, 0.25) is 0 Å². The minimum Gasteiger partial charge on any atom is -0.320 e. The van der Waals surface area contributed by atoms with Crippen molar-refractivity contribution in [3.05, 3.63) is 129 Å². The molecule has 5 rings (SSSR count). The van der Waals surface area contributed by atoms with Crippen molar-refractivity contribution in [1.82, 2.24) is 18.7 Å². The second-order valence-corrected chi connectivity index (χ2v) is 8.00. The summed E-state index contributed by atoms with van der Waals surface area (Å²) in [6.45, 7) is 0.604. The molecule has 0 saturated heterocycles. The summed E-state index contributed by atoms with van der Waals surface area (Å²) in [5.41, 5.74) is 2.96. The highest BCUT2D eigenvalue weighted by Gasteiger charge is 2.19. The average Bonchev–Trinajstić information content (AvgIpc) is 3.28. The average molecular weight is 447 g/mol. The number of aromatic nitrogens is 4. The SMILES string of the molecule is N#Cc1cccc(Cn2cnc3c2c(=O)n(CCc2ccccc2)c(=O)n3-c2ccccc2)c1. The van der Waals surface area contributed by atoms with Gasteiger partial charge >= 0.3 is 5.69 Å². The smallest absolute Gasteiger partial charge is 0.320 e. The first-order chi connectivity index (χ1) is 16.7. The Hall–Kier alpha value is -4.70. The van der Waals surface area contributed by atoms with E-state index in [0.29, 0.717) is 35.4 Å². The monoisotopic (exact) mass is 447 g/mol. The maximum atomic E-state index is 13.6. The topological polar surface area (TPSA) is 85.6 Å². The van der Waals surface area contributed by atoms with Crippen molar-refractivity contribution in [3.63, 3.8) is 0 Å². The molecule has 0 bridgehead atoms. The van der Waals surface area contributed by atoms with Crippen molar-refractivity contribution in [1.29, 1.82) is 5.26 Å². The molecule has 7 nitrogen and oxygen atoms in total. The number of rotatable bonds is 6. The summed E-state index contributed by atoms with van der Waals surface area (Å²) in [7, 11) is 0. The Morgan fingerprint density at radius 3 is 2.29 bits per heavy atom. The van der Waals surface area contributed by atoms with Gasteiger partial charge in [0.25, 0.3) is 5.56 Å². The highest BCUT2D eigenvalue weighted by atomic mass is 16.2. The van der Waals surface area contributed by atoms with E-state index in [-0.39, 0.29) is 12.1 Å². The molecular formula is C27H21N5O2. The van der Waals surface area contributed by atoms with E-state index < -0.39 is 5.69 Å². The van der Waals surface area contributed by atoms with Gasteiger partial charge in [0.1, 0.15) is 0 Å². The molecule has 5 aromatic rings. The van der Waals surface area contributed by atoms with Gasteiger partial charge in [-0.2, -0.15) is 5.26 Å². The number of hydrogen-bond donors (Lipinski definition) is 0. The van der Waals surface area contributed by atoms with Crippen LogP contribution in [0.3, 0.4) is 0 Å². The zero-order valence-corrected chi connectivity index (χ0v) is 18.3. The van der Waals surface area contributed by atoms with E-state index in [4.69, 9.17) is 0 Å². The molecule has 0 radical (unpaired) electrons. The first-order valence-corrected chi connectivity index (χ1v) is 10.9. The lowest BCUT2D eigenvalue weighted by Crippen LogP contribution is -2.40. The normalized spacial score (nSPS) is 10.9. The van der Waals surface area contributed by atoms with Crippen LogP contribution in [0, 0.1) is 11.3 Å². The van der Waals surface area contributed by atoms with E-state index in [2.05, 4.69) is 11.1 Å². The van der Waals surface area contributed by atoms with Gasteiger partial charge in [-0.25, -0.2) is 14.3 Å². The molecule has 0 atom stereocenters. The molecule has 0 aliphatic heterocycles. The summed E-state index contributed by atoms with van der Waals surface area (Å²) < 4.78 is 4.52. The lowest BCUT2D eigenvalue weighted by molar-refractivity contribution is 0.615. The summed E-state index contributed by atoms with van der Waals surface area (Å²) >= 11 is 0. The Bertz CT molecular complexity index is 1620. The molecular weight excluding hydrogens is 426 g/mol. The van der Waals surface area contributed by atoms with E-state index in [0.717, 1.165) is 11.1 Å². The molecule has 2 aromatic heterocycles. The Balaban J connectivity index is 1.68. The van der Waals surface area contributed by atoms with Crippen molar-refractivity contribution in [2.75, 3.05) is 0 Å². The lowest BCUT2D eigenvalue weighted by atomic mass is 10.1. The summed E-state index contributed by atoms with van der Waals surface area (Å²) in [6, 6.07) is 28.3. The Morgan fingerprint density at radius 2 is 1.56 bits per heavy atom. The molecule has 166 valence electrons. The standard InChI is InChI=1S/C27H21N5O2/c28-17-21-10-7-11-22(16-21)18-30-19-29-25-24(30)26(33)31(15-14-20-8-3-1-4-9-20)27(34)32(25)23-12-5-2-6-13-23/h1-13,16,19H,14-15,18H2. The van der Waals surface area contributed by atoms with Gasteiger partial charge in [0.15, 0.2) is 11.2 Å². The van der Waals surface area contributed by atoms with Crippen LogP contribution in [0.4, 0.5) is 0 Å². The second-order valence-electron chi connectivity index (χ2n) is 8.00. The third-order valence-electron chi connectivity index (χ3n) is 5.79. The molecule has 0 spiro atoms. The van der Waals surface area contributed by atoms with E-state index >= 15 is 0 Å². The number of para-hydroxylation sites is 1. The quantitative estimate of drug-likeness (QED) is 0.399. The van der Waals surface area contributed by atoms with Crippen molar-refractivity contribution < 1.29 is 0 Å². The molecule has 0 saturated carbocycles. The maximum Gasteiger partial charge on any atom is 0.337 e. The fourth-order valence-electron chi connectivity index (χ4n) is 4.13. The van der Waals surface area contributed by atoms with Gasteiger partial charge in [-0.05, 0) is 41.8 Å². The molecule has 0 fully saturated rings. The fourth-order valence-corrected chi connectivity index (χ4v) is 4.13. The lowest BCUT2D eigenvalue weighted by Gasteiger charge is -2.13. The molecule has 0 N–H and O–H groups in total. The molecule has 0 aliphatic carbocycles. The summed E-state index contributed by atoms with van der Waals surface area (Å²) in [4.78, 5) is 31.6. The minimum absolute atomic E-state index is 0.250. The van der Waals surface area contributed by atoms with Crippen LogP contribution >= 0.6 is 0 Å². The molecule has 0 unspecified atom stereocenters. The molecule has 3 aromatic carbocycles. The van der Waals surface area contributed by atoms with Gasteiger partial charge in [0, 0.05) is 13.1 Å². The van der Waals surface area contributed by atoms with Crippen molar-refractivity contribution in [3.8, 4) is 11.8 Å². The number of fused-ring (bicyclic) bond motifs is 1. The molecule has 7 heteroatoms. The predicted octanol–water partition coefficient (Wildman–Crippen LogP) is 3.51. The van der Waals surface area contributed by atoms with Crippen LogP contribution in [-0.4, -0.2) is 18.7 Å². The summed E-state index contributed by atoms with van der Waals surface area (Å²) in [5, 5.41) is 9.23. The Morgan fingerprint density at radius 1 is 0.853 bits per heavy atom. The van der Waals surface area contributed by atoms with E-state index in [9.17, 15) is 14.9 Å². The summed E-state index contributed by atoms with van der Waals surface area (Å²) in [5.74, 6) is 0. The number of nitriles is 1. The van der Waals surface area contributed by atoms with Crippen LogP contribution in [0.1, 0.15) is 16.7 Å². The van der Waals surface area contributed by atoms with Gasteiger partial charge in [-0.15, -0.1) is 0 Å². The van der Waals surface area contributed by atoms with Crippen molar-refractivity contribution >= 4 is 11.2 Å². The van der Waals surface area contributed by atoms with Crippen LogP contribution in [0.25, 0.3) is 16.9 Å². The van der Waals surface area contributed by atoms with Crippen molar-refractivity contribution in [2.45, 2.75) is 19.5 Å². The molecule has 34 heavy (non-hydrogen) atoms. The van der Waals surface area contributed by atoms with Gasteiger partial charge in [-0.3, -0.25) is 9.36 Å². The second kappa shape index (κ2) is 9.04. The largest absolute Gasteiger partial charge is 0.337 e. The predicted molar refractivity (Wildman–Crippen MR) is 130 cm³/mol. The van der Waals surface area contributed by atoms with E-state index in [1.165, 1.54) is 9.13 Å². The number of aryl methyl sites for hydroxylation is 1. The third-order valence-corrected chi connectivity index (χ3v) is 5.79. The van der Waals surface area contributed by atoms with Crippen molar-refractivity contribution in [2.24, 2.45) is 0 Å². The number of imidazole rings is 1. The zero-order valence-electron chi connectivity index (χ0n) is 18.3. The van der Waals surface area contributed by atoms with Crippen LogP contribution < -0.4 is 11.2 Å². The van der Waals surface area contributed by atoms with Crippen LogP contribution in [-0.2, 0) is 19.5 Å². The number of hydrogen-bond acceptors (Lipinski definition) is 4. The van der Waals surface area contributed by atoms with Crippen LogP contribution in [0.2, 0.25) is 0 Å². The molecule has 0 aliphatic rings. The highest BCUT2D eigenvalue weighted by molar-refractivity contribution is 5.72. The fraction of sp³-hybridized carbons (Fsp3) is 0.111. The third kappa shape index (κ3) is 3.93. The Kier molecular flexibility index (Phi) is 5.63. The van der Waals surface area contributed by atoms with Crippen LogP contribution in [0.5, 0.6) is 0 Å². The van der Waals surface area contributed by atoms with E-state index in [1.807, 2.05) is 72.8 Å². The van der Waals surface area contributed by atoms with E-state index in [1.54, 1.807) is 23.0 Å². The first-order valence-electron chi connectivity index (χ1n) is 10.9. The molecule has 0 amide bonds. The van der Waals surface area contributed by atoms with Crippen LogP contribution in [0.15, 0.2) is 101 Å². The summed E-state index contributed by atoms with van der Waals surface area (Å²) in [6.07, 6.45) is 2.13. The van der Waals surface area contributed by atoms with Gasteiger partial charge in [0.05, 0.1) is 23.6 Å².